The first-order chi connectivity index (χ1) is 7.98. The van der Waals surface area contributed by atoms with E-state index in [4.69, 9.17) is 5.73 Å². The predicted molar refractivity (Wildman–Crippen MR) is 73.9 cm³/mol. The van der Waals surface area contributed by atoms with Gasteiger partial charge in [0.15, 0.2) is 0 Å². The van der Waals surface area contributed by atoms with Crippen LogP contribution in [0.25, 0.3) is 11.3 Å². The third-order valence-electron chi connectivity index (χ3n) is 2.79. The van der Waals surface area contributed by atoms with E-state index < -0.39 is 0 Å². The van der Waals surface area contributed by atoms with Crippen LogP contribution in [0.1, 0.15) is 31.8 Å². The number of benzene rings is 1. The Kier molecular flexibility index (Phi) is 3.31. The number of nitrogens with zero attached hydrogens (tertiary/aromatic N) is 1. The van der Waals surface area contributed by atoms with Gasteiger partial charge in [-0.05, 0) is 5.41 Å². The van der Waals surface area contributed by atoms with Crippen LogP contribution < -0.4 is 5.73 Å². The first kappa shape index (κ1) is 12.3. The summed E-state index contributed by atoms with van der Waals surface area (Å²) in [4.78, 5) is 4.64. The monoisotopic (exact) mass is 246 g/mol. The van der Waals surface area contributed by atoms with Gasteiger partial charge in [0.1, 0.15) is 5.01 Å². The Bertz CT molecular complexity index is 482. The molecular weight excluding hydrogens is 228 g/mol. The Morgan fingerprint density at radius 2 is 1.82 bits per heavy atom. The molecule has 0 aliphatic heterocycles. The summed E-state index contributed by atoms with van der Waals surface area (Å²) in [5, 5.41) is 3.09. The Morgan fingerprint density at radius 3 is 2.41 bits per heavy atom. The SMILES string of the molecule is CC(C)(C)C(N)c1nc(-c2ccccc2)cs1. The van der Waals surface area contributed by atoms with Gasteiger partial charge < -0.3 is 5.73 Å². The van der Waals surface area contributed by atoms with E-state index in [1.54, 1.807) is 11.3 Å². The predicted octanol–water partition coefficient (Wildman–Crippen LogP) is 3.86. The summed E-state index contributed by atoms with van der Waals surface area (Å²) in [5.74, 6) is 0. The smallest absolute Gasteiger partial charge is 0.111 e. The highest BCUT2D eigenvalue weighted by atomic mass is 32.1. The van der Waals surface area contributed by atoms with Crippen molar-refractivity contribution < 1.29 is 0 Å². The molecule has 0 aliphatic rings. The molecule has 2 nitrogen and oxygen atoms in total. The van der Waals surface area contributed by atoms with Crippen molar-refractivity contribution >= 4 is 11.3 Å². The van der Waals surface area contributed by atoms with Crippen LogP contribution in [0.5, 0.6) is 0 Å². The van der Waals surface area contributed by atoms with Crippen LogP contribution in [0.2, 0.25) is 0 Å². The van der Waals surface area contributed by atoms with Gasteiger partial charge in [0.25, 0.3) is 0 Å². The van der Waals surface area contributed by atoms with Gasteiger partial charge in [-0.3, -0.25) is 0 Å². The van der Waals surface area contributed by atoms with Crippen LogP contribution in [0.3, 0.4) is 0 Å². The summed E-state index contributed by atoms with van der Waals surface area (Å²) >= 11 is 1.64. The van der Waals surface area contributed by atoms with Crippen LogP contribution in [-0.4, -0.2) is 4.98 Å². The van der Waals surface area contributed by atoms with Crippen LogP contribution in [-0.2, 0) is 0 Å². The molecule has 1 aromatic heterocycles. The molecule has 3 heteroatoms. The highest BCUT2D eigenvalue weighted by molar-refractivity contribution is 7.10. The van der Waals surface area contributed by atoms with Gasteiger partial charge in [0, 0.05) is 10.9 Å². The van der Waals surface area contributed by atoms with E-state index in [1.807, 2.05) is 18.2 Å². The summed E-state index contributed by atoms with van der Waals surface area (Å²) in [6.07, 6.45) is 0. The van der Waals surface area contributed by atoms with Gasteiger partial charge in [-0.2, -0.15) is 0 Å². The molecule has 0 amide bonds. The highest BCUT2D eigenvalue weighted by Crippen LogP contribution is 2.33. The zero-order valence-electron chi connectivity index (χ0n) is 10.5. The second-order valence-electron chi connectivity index (χ2n) is 5.28. The van der Waals surface area contributed by atoms with Crippen LogP contribution in [0, 0.1) is 5.41 Å². The summed E-state index contributed by atoms with van der Waals surface area (Å²) in [6.45, 7) is 6.42. The molecule has 2 rings (SSSR count). The van der Waals surface area contributed by atoms with Gasteiger partial charge in [0.2, 0.25) is 0 Å². The molecule has 0 radical (unpaired) electrons. The molecule has 1 heterocycles. The number of hydrogen-bond donors (Lipinski definition) is 1. The minimum absolute atomic E-state index is 0.00929. The third kappa shape index (κ3) is 2.73. The van der Waals surface area contributed by atoms with Gasteiger partial charge >= 0.3 is 0 Å². The maximum atomic E-state index is 6.21. The number of hydrogen-bond acceptors (Lipinski definition) is 3. The summed E-state index contributed by atoms with van der Waals surface area (Å²) < 4.78 is 0. The third-order valence-corrected chi connectivity index (χ3v) is 3.72. The van der Waals surface area contributed by atoms with E-state index in [-0.39, 0.29) is 11.5 Å². The Balaban J connectivity index is 2.28. The molecule has 0 saturated heterocycles. The molecule has 1 unspecified atom stereocenters. The summed E-state index contributed by atoms with van der Waals surface area (Å²) in [7, 11) is 0. The molecule has 17 heavy (non-hydrogen) atoms. The maximum Gasteiger partial charge on any atom is 0.111 e. The molecule has 0 bridgehead atoms. The molecule has 1 aromatic carbocycles. The fourth-order valence-electron chi connectivity index (χ4n) is 1.54. The summed E-state index contributed by atoms with van der Waals surface area (Å²) in [5.41, 5.74) is 8.43. The standard InChI is InChI=1S/C14H18N2S/c1-14(2,3)12(15)13-16-11(9-17-13)10-7-5-4-6-8-10/h4-9,12H,15H2,1-3H3. The largest absolute Gasteiger partial charge is 0.322 e. The van der Waals surface area contributed by atoms with Crippen molar-refractivity contribution in [3.05, 3.63) is 40.7 Å². The van der Waals surface area contributed by atoms with Crippen LogP contribution in [0.4, 0.5) is 0 Å². The van der Waals surface area contributed by atoms with Crippen molar-refractivity contribution in [2.24, 2.45) is 11.1 Å². The van der Waals surface area contributed by atoms with Crippen molar-refractivity contribution in [1.82, 2.24) is 4.98 Å². The number of rotatable bonds is 2. The second kappa shape index (κ2) is 4.59. The van der Waals surface area contributed by atoms with Crippen LogP contribution >= 0.6 is 11.3 Å². The summed E-state index contributed by atoms with van der Waals surface area (Å²) in [6, 6.07) is 10.2. The first-order valence-electron chi connectivity index (χ1n) is 5.75. The van der Waals surface area contributed by atoms with Crippen molar-refractivity contribution in [1.29, 1.82) is 0 Å². The Hall–Kier alpha value is -1.19. The van der Waals surface area contributed by atoms with Crippen molar-refractivity contribution in [2.75, 3.05) is 0 Å². The normalized spacial score (nSPS) is 13.6. The average Bonchev–Trinajstić information content (AvgIpc) is 2.77. The lowest BCUT2D eigenvalue weighted by atomic mass is 9.88. The number of aromatic nitrogens is 1. The Labute approximate surface area is 107 Å². The van der Waals surface area contributed by atoms with Crippen molar-refractivity contribution in [2.45, 2.75) is 26.8 Å². The number of nitrogens with two attached hydrogens (primary N) is 1. The van der Waals surface area contributed by atoms with Crippen LogP contribution in [0.15, 0.2) is 35.7 Å². The van der Waals surface area contributed by atoms with E-state index >= 15 is 0 Å². The molecular formula is C14H18N2S. The number of thiazole rings is 1. The average molecular weight is 246 g/mol. The van der Waals surface area contributed by atoms with Gasteiger partial charge in [-0.1, -0.05) is 51.1 Å². The zero-order valence-corrected chi connectivity index (χ0v) is 11.3. The van der Waals surface area contributed by atoms with Gasteiger partial charge in [-0.25, -0.2) is 4.98 Å². The van der Waals surface area contributed by atoms with Gasteiger partial charge in [-0.15, -0.1) is 11.3 Å². The molecule has 90 valence electrons. The second-order valence-corrected chi connectivity index (χ2v) is 6.17. The molecule has 0 fully saturated rings. The van der Waals surface area contributed by atoms with Crippen molar-refractivity contribution in [3.8, 4) is 11.3 Å². The van der Waals surface area contributed by atoms with E-state index in [2.05, 4.69) is 43.3 Å². The van der Waals surface area contributed by atoms with Crippen molar-refractivity contribution in [3.63, 3.8) is 0 Å². The first-order valence-corrected chi connectivity index (χ1v) is 6.63. The van der Waals surface area contributed by atoms with E-state index in [0.29, 0.717) is 0 Å². The lowest BCUT2D eigenvalue weighted by Gasteiger charge is -2.24. The Morgan fingerprint density at radius 1 is 1.18 bits per heavy atom. The maximum absolute atomic E-state index is 6.21. The fourth-order valence-corrected chi connectivity index (χ4v) is 2.61. The lowest BCUT2D eigenvalue weighted by Crippen LogP contribution is -2.26. The lowest BCUT2D eigenvalue weighted by molar-refractivity contribution is 0.326. The van der Waals surface area contributed by atoms with E-state index in [9.17, 15) is 0 Å². The molecule has 2 N–H and O–H groups in total. The molecule has 0 spiro atoms. The highest BCUT2D eigenvalue weighted by Gasteiger charge is 2.25. The topological polar surface area (TPSA) is 38.9 Å². The van der Waals surface area contributed by atoms with E-state index in [0.717, 1.165) is 16.3 Å². The molecule has 2 aromatic rings. The van der Waals surface area contributed by atoms with E-state index in [1.165, 1.54) is 0 Å². The van der Waals surface area contributed by atoms with Gasteiger partial charge in [0.05, 0.1) is 11.7 Å². The molecule has 0 saturated carbocycles. The quantitative estimate of drug-likeness (QED) is 0.874. The molecule has 1 atom stereocenters. The molecule has 0 aliphatic carbocycles. The minimum atomic E-state index is -0.00929. The fraction of sp³-hybridized carbons (Fsp3) is 0.357. The minimum Gasteiger partial charge on any atom is -0.322 e. The zero-order chi connectivity index (χ0) is 12.5.